The third kappa shape index (κ3) is 2.05. The molecular weight excluding hydrogens is 299 g/mol. The molecule has 8 heteroatoms. The van der Waals surface area contributed by atoms with Gasteiger partial charge in [-0.15, -0.1) is 0 Å². The van der Waals surface area contributed by atoms with Crippen LogP contribution in [0.1, 0.15) is 0 Å². The molecule has 0 spiro atoms. The van der Waals surface area contributed by atoms with Crippen LogP contribution in [0.5, 0.6) is 0 Å². The molecule has 0 unspecified atom stereocenters. The van der Waals surface area contributed by atoms with E-state index in [9.17, 15) is 10.1 Å². The summed E-state index contributed by atoms with van der Waals surface area (Å²) in [5.74, 6) is 0.345. The summed E-state index contributed by atoms with van der Waals surface area (Å²) in [5, 5.41) is 14.6. The van der Waals surface area contributed by atoms with Crippen molar-refractivity contribution < 1.29 is 4.92 Å². The van der Waals surface area contributed by atoms with Gasteiger partial charge in [-0.3, -0.25) is 10.1 Å². The molecule has 2 aromatic rings. The van der Waals surface area contributed by atoms with Gasteiger partial charge < -0.3 is 0 Å². The van der Waals surface area contributed by atoms with E-state index in [4.69, 9.17) is 11.6 Å². The van der Waals surface area contributed by atoms with Gasteiger partial charge >= 0.3 is 0 Å². The number of nitro groups is 1. The molecule has 0 N–H and O–H groups in total. The van der Waals surface area contributed by atoms with Crippen LogP contribution in [-0.4, -0.2) is 19.7 Å². The number of aromatic nitrogens is 3. The van der Waals surface area contributed by atoms with Gasteiger partial charge in [0.2, 0.25) is 0 Å². The smallest absolute Gasteiger partial charge is 0.258 e. The van der Waals surface area contributed by atoms with Crippen molar-refractivity contribution in [2.24, 2.45) is 0 Å². The minimum atomic E-state index is -0.554. The summed E-state index contributed by atoms with van der Waals surface area (Å²) in [6, 6.07) is 1.24. The summed E-state index contributed by atoms with van der Waals surface area (Å²) in [7, 11) is 0. The summed E-state index contributed by atoms with van der Waals surface area (Å²) < 4.78 is 2.19. The Labute approximate surface area is 103 Å². The number of pyridine rings is 1. The number of rotatable bonds is 2. The van der Waals surface area contributed by atoms with Gasteiger partial charge in [0.1, 0.15) is 6.20 Å². The highest BCUT2D eigenvalue weighted by molar-refractivity contribution is 9.10. The lowest BCUT2D eigenvalue weighted by Crippen LogP contribution is -2.00. The molecule has 2 rings (SSSR count). The van der Waals surface area contributed by atoms with E-state index in [0.29, 0.717) is 5.82 Å². The van der Waals surface area contributed by atoms with E-state index in [0.717, 1.165) is 10.7 Å². The van der Waals surface area contributed by atoms with E-state index >= 15 is 0 Å². The molecule has 16 heavy (non-hydrogen) atoms. The predicted octanol–water partition coefficient (Wildman–Crippen LogP) is 2.59. The van der Waals surface area contributed by atoms with E-state index in [2.05, 4.69) is 26.0 Å². The average molecular weight is 304 g/mol. The Kier molecular flexibility index (Phi) is 2.88. The van der Waals surface area contributed by atoms with Crippen molar-refractivity contribution >= 4 is 33.2 Å². The van der Waals surface area contributed by atoms with E-state index < -0.39 is 4.92 Å². The average Bonchev–Trinajstić information content (AvgIpc) is 2.64. The maximum absolute atomic E-state index is 10.5. The van der Waals surface area contributed by atoms with Gasteiger partial charge in [0.05, 0.1) is 20.6 Å². The SMILES string of the molecule is O=[N+]([O-])c1cnc(-n2cc(Br)cn2)c(Cl)c1. The lowest BCUT2D eigenvalue weighted by Gasteiger charge is -2.01. The summed E-state index contributed by atoms with van der Waals surface area (Å²) in [5.41, 5.74) is -0.153. The Bertz CT molecular complexity index is 557. The molecule has 0 saturated carbocycles. The first-order valence-corrected chi connectivity index (χ1v) is 5.25. The molecule has 0 aromatic carbocycles. The minimum absolute atomic E-state index is 0.153. The molecule has 0 radical (unpaired) electrons. The van der Waals surface area contributed by atoms with Crippen molar-refractivity contribution in [2.75, 3.05) is 0 Å². The lowest BCUT2D eigenvalue weighted by atomic mass is 10.4. The zero-order chi connectivity index (χ0) is 11.7. The highest BCUT2D eigenvalue weighted by Gasteiger charge is 2.12. The molecule has 0 saturated heterocycles. The van der Waals surface area contributed by atoms with Crippen LogP contribution < -0.4 is 0 Å². The topological polar surface area (TPSA) is 73.8 Å². The van der Waals surface area contributed by atoms with Gasteiger partial charge in [-0.1, -0.05) is 11.6 Å². The molecule has 0 aliphatic heterocycles. The lowest BCUT2D eigenvalue weighted by molar-refractivity contribution is -0.385. The third-order valence-electron chi connectivity index (χ3n) is 1.79. The van der Waals surface area contributed by atoms with Crippen LogP contribution in [0.15, 0.2) is 29.1 Å². The highest BCUT2D eigenvalue weighted by Crippen LogP contribution is 2.23. The van der Waals surface area contributed by atoms with Crippen molar-refractivity contribution in [3.05, 3.63) is 44.3 Å². The van der Waals surface area contributed by atoms with Gasteiger partial charge in [0.25, 0.3) is 5.69 Å². The maximum atomic E-state index is 10.5. The standard InChI is InChI=1S/C8H4BrClN4O2/c9-5-2-12-13(4-5)8-7(10)1-6(3-11-8)14(15)16/h1-4H. The van der Waals surface area contributed by atoms with E-state index in [1.807, 2.05) is 0 Å². The van der Waals surface area contributed by atoms with Gasteiger partial charge in [0.15, 0.2) is 5.82 Å². The van der Waals surface area contributed by atoms with Crippen molar-refractivity contribution in [1.29, 1.82) is 0 Å². The van der Waals surface area contributed by atoms with Crippen LogP contribution in [0.3, 0.4) is 0 Å². The Morgan fingerprint density at radius 2 is 2.25 bits per heavy atom. The normalized spacial score (nSPS) is 10.4. The van der Waals surface area contributed by atoms with Crippen LogP contribution in [-0.2, 0) is 0 Å². The van der Waals surface area contributed by atoms with Gasteiger partial charge in [-0.25, -0.2) is 9.67 Å². The molecule has 0 atom stereocenters. The maximum Gasteiger partial charge on any atom is 0.289 e. The van der Waals surface area contributed by atoms with Crippen molar-refractivity contribution in [1.82, 2.24) is 14.8 Å². The first-order chi connectivity index (χ1) is 7.58. The molecule has 2 aromatic heterocycles. The van der Waals surface area contributed by atoms with Crippen LogP contribution >= 0.6 is 27.5 Å². The third-order valence-corrected chi connectivity index (χ3v) is 2.47. The molecule has 0 amide bonds. The van der Waals surface area contributed by atoms with Gasteiger partial charge in [-0.05, 0) is 15.9 Å². The molecule has 0 fully saturated rings. The van der Waals surface area contributed by atoms with E-state index in [1.54, 1.807) is 12.4 Å². The Morgan fingerprint density at radius 1 is 1.50 bits per heavy atom. The zero-order valence-corrected chi connectivity index (χ0v) is 10.0. The van der Waals surface area contributed by atoms with Crippen LogP contribution in [0.2, 0.25) is 5.02 Å². The first-order valence-electron chi connectivity index (χ1n) is 4.08. The predicted molar refractivity (Wildman–Crippen MR) is 60.7 cm³/mol. The first kappa shape index (κ1) is 11.0. The second-order valence-corrected chi connectivity index (χ2v) is 4.18. The van der Waals surface area contributed by atoms with Crippen LogP contribution in [0.25, 0.3) is 5.82 Å². The number of nitrogens with zero attached hydrogens (tertiary/aromatic N) is 4. The zero-order valence-electron chi connectivity index (χ0n) is 7.67. The Morgan fingerprint density at radius 3 is 2.75 bits per heavy atom. The molecular formula is C8H4BrClN4O2. The molecule has 6 nitrogen and oxygen atoms in total. The molecule has 82 valence electrons. The molecule has 0 aliphatic rings. The Hall–Kier alpha value is -1.47. The second-order valence-electron chi connectivity index (χ2n) is 2.86. The fourth-order valence-corrected chi connectivity index (χ4v) is 1.64. The monoisotopic (exact) mass is 302 g/mol. The second kappa shape index (κ2) is 4.18. The van der Waals surface area contributed by atoms with Gasteiger partial charge in [0, 0.05) is 12.3 Å². The summed E-state index contributed by atoms with van der Waals surface area (Å²) in [6.07, 6.45) is 4.36. The van der Waals surface area contributed by atoms with Crippen molar-refractivity contribution in [3.8, 4) is 5.82 Å². The van der Waals surface area contributed by atoms with Crippen LogP contribution in [0.4, 0.5) is 5.69 Å². The van der Waals surface area contributed by atoms with Crippen molar-refractivity contribution in [2.45, 2.75) is 0 Å². The molecule has 0 aliphatic carbocycles. The van der Waals surface area contributed by atoms with Gasteiger partial charge in [-0.2, -0.15) is 5.10 Å². The van der Waals surface area contributed by atoms with Crippen LogP contribution in [0, 0.1) is 10.1 Å². The minimum Gasteiger partial charge on any atom is -0.258 e. The Balaban J connectivity index is 2.47. The summed E-state index contributed by atoms with van der Waals surface area (Å²) >= 11 is 9.10. The highest BCUT2D eigenvalue weighted by atomic mass is 79.9. The van der Waals surface area contributed by atoms with Crippen molar-refractivity contribution in [3.63, 3.8) is 0 Å². The number of halogens is 2. The van der Waals surface area contributed by atoms with E-state index in [1.165, 1.54) is 10.7 Å². The summed E-state index contributed by atoms with van der Waals surface area (Å²) in [6.45, 7) is 0. The number of hydrogen-bond acceptors (Lipinski definition) is 4. The largest absolute Gasteiger partial charge is 0.289 e. The quantitative estimate of drug-likeness (QED) is 0.631. The number of hydrogen-bond donors (Lipinski definition) is 0. The molecule has 2 heterocycles. The van der Waals surface area contributed by atoms with E-state index in [-0.39, 0.29) is 10.7 Å². The fourth-order valence-electron chi connectivity index (χ4n) is 1.11. The fraction of sp³-hybridized carbons (Fsp3) is 0. The molecule has 0 bridgehead atoms. The summed E-state index contributed by atoms with van der Waals surface area (Å²) in [4.78, 5) is 13.8.